The summed E-state index contributed by atoms with van der Waals surface area (Å²) in [4.78, 5) is 19.0. The van der Waals surface area contributed by atoms with Gasteiger partial charge in [0.2, 0.25) is 0 Å². The molecule has 1 aliphatic rings. The standard InChI is InChI=1S/C19H24ClN3O2S/c1-13-7-14(2)9-23(8-13)10-16-12-26-19(21-16)22-18(24)11-25-17-5-3-15(20)4-6-17/h3-6,12-14H,7-11H2,1-2H3,(H,21,22,24)/t13-,14-/m0/s1. The SMILES string of the molecule is C[C@H]1C[C@H](C)CN(Cc2csc(NC(=O)COc3ccc(Cl)cc3)n2)C1. The van der Waals surface area contributed by atoms with Crippen molar-refractivity contribution in [3.05, 3.63) is 40.4 Å². The van der Waals surface area contributed by atoms with Crippen LogP contribution in [0.1, 0.15) is 26.0 Å². The highest BCUT2D eigenvalue weighted by molar-refractivity contribution is 7.13. The molecule has 1 amide bonds. The number of benzene rings is 1. The molecule has 0 bridgehead atoms. The maximum absolute atomic E-state index is 12.0. The maximum atomic E-state index is 12.0. The number of aromatic nitrogens is 1. The molecule has 0 aliphatic carbocycles. The number of likely N-dealkylation sites (tertiary alicyclic amines) is 1. The quantitative estimate of drug-likeness (QED) is 0.795. The van der Waals surface area contributed by atoms with Gasteiger partial charge in [0.05, 0.1) is 5.69 Å². The molecule has 1 saturated heterocycles. The van der Waals surface area contributed by atoms with E-state index in [1.165, 1.54) is 17.8 Å². The van der Waals surface area contributed by atoms with E-state index in [9.17, 15) is 4.79 Å². The summed E-state index contributed by atoms with van der Waals surface area (Å²) < 4.78 is 5.44. The number of anilines is 1. The molecule has 1 aromatic heterocycles. The highest BCUT2D eigenvalue weighted by Crippen LogP contribution is 2.24. The number of hydrogen-bond donors (Lipinski definition) is 1. The van der Waals surface area contributed by atoms with Gasteiger partial charge < -0.3 is 4.74 Å². The van der Waals surface area contributed by atoms with Crippen LogP contribution in [-0.2, 0) is 11.3 Å². The summed E-state index contributed by atoms with van der Waals surface area (Å²) in [6.07, 6.45) is 1.29. The van der Waals surface area contributed by atoms with Gasteiger partial charge in [-0.05, 0) is 42.5 Å². The van der Waals surface area contributed by atoms with Gasteiger partial charge in [-0.1, -0.05) is 25.4 Å². The number of piperidine rings is 1. The Hall–Kier alpha value is -1.63. The molecular weight excluding hydrogens is 370 g/mol. The van der Waals surface area contributed by atoms with Crippen molar-refractivity contribution in [3.63, 3.8) is 0 Å². The molecule has 1 N–H and O–H groups in total. The number of ether oxygens (including phenoxy) is 1. The van der Waals surface area contributed by atoms with Gasteiger partial charge in [-0.2, -0.15) is 0 Å². The Morgan fingerprint density at radius 3 is 2.69 bits per heavy atom. The number of nitrogens with zero attached hydrogens (tertiary/aromatic N) is 2. The molecule has 0 saturated carbocycles. The zero-order chi connectivity index (χ0) is 18.5. The van der Waals surface area contributed by atoms with Gasteiger partial charge >= 0.3 is 0 Å². The minimum absolute atomic E-state index is 0.0578. The monoisotopic (exact) mass is 393 g/mol. The summed E-state index contributed by atoms with van der Waals surface area (Å²) in [6.45, 7) is 7.60. The van der Waals surface area contributed by atoms with Crippen LogP contribution in [0.15, 0.2) is 29.6 Å². The normalized spacial score (nSPS) is 20.7. The second kappa shape index (κ2) is 8.84. The molecule has 2 atom stereocenters. The lowest BCUT2D eigenvalue weighted by atomic mass is 9.92. The van der Waals surface area contributed by atoms with E-state index in [-0.39, 0.29) is 12.5 Å². The minimum atomic E-state index is -0.221. The van der Waals surface area contributed by atoms with Crippen LogP contribution in [-0.4, -0.2) is 35.5 Å². The van der Waals surface area contributed by atoms with Gasteiger partial charge in [-0.25, -0.2) is 4.98 Å². The van der Waals surface area contributed by atoms with E-state index in [4.69, 9.17) is 16.3 Å². The van der Waals surface area contributed by atoms with Crippen LogP contribution < -0.4 is 10.1 Å². The van der Waals surface area contributed by atoms with Crippen LogP contribution in [0.5, 0.6) is 5.75 Å². The molecule has 0 spiro atoms. The van der Waals surface area contributed by atoms with Gasteiger partial charge in [0.15, 0.2) is 11.7 Å². The Kier molecular flexibility index (Phi) is 6.51. The van der Waals surface area contributed by atoms with E-state index < -0.39 is 0 Å². The number of amides is 1. The first-order chi connectivity index (χ1) is 12.5. The number of halogens is 1. The van der Waals surface area contributed by atoms with E-state index in [0.717, 1.165) is 37.2 Å². The smallest absolute Gasteiger partial charge is 0.264 e. The largest absolute Gasteiger partial charge is 0.484 e. The molecule has 140 valence electrons. The lowest BCUT2D eigenvalue weighted by Gasteiger charge is -2.34. The molecular formula is C19H24ClN3O2S. The average molecular weight is 394 g/mol. The zero-order valence-electron chi connectivity index (χ0n) is 15.1. The molecule has 7 heteroatoms. The maximum Gasteiger partial charge on any atom is 0.264 e. The van der Waals surface area contributed by atoms with Crippen molar-refractivity contribution >= 4 is 34.0 Å². The third-order valence-electron chi connectivity index (χ3n) is 4.31. The first-order valence-electron chi connectivity index (χ1n) is 8.83. The lowest BCUT2D eigenvalue weighted by Crippen LogP contribution is -2.38. The lowest BCUT2D eigenvalue weighted by molar-refractivity contribution is -0.118. The Morgan fingerprint density at radius 2 is 2.00 bits per heavy atom. The van der Waals surface area contributed by atoms with Crippen molar-refractivity contribution in [1.82, 2.24) is 9.88 Å². The van der Waals surface area contributed by atoms with Gasteiger partial charge in [-0.3, -0.25) is 15.0 Å². The molecule has 0 unspecified atom stereocenters. The molecule has 26 heavy (non-hydrogen) atoms. The van der Waals surface area contributed by atoms with Crippen LogP contribution >= 0.6 is 22.9 Å². The van der Waals surface area contributed by atoms with E-state index in [2.05, 4.69) is 29.0 Å². The topological polar surface area (TPSA) is 54.5 Å². The van der Waals surface area contributed by atoms with E-state index >= 15 is 0 Å². The van der Waals surface area contributed by atoms with Crippen molar-refractivity contribution in [1.29, 1.82) is 0 Å². The first kappa shape index (κ1) is 19.1. The summed E-state index contributed by atoms with van der Waals surface area (Å²) in [6, 6.07) is 6.92. The van der Waals surface area contributed by atoms with Gasteiger partial charge in [-0.15, -0.1) is 11.3 Å². The van der Waals surface area contributed by atoms with Gasteiger partial charge in [0.1, 0.15) is 5.75 Å². The number of nitrogens with one attached hydrogen (secondary N) is 1. The molecule has 1 aliphatic heterocycles. The predicted octanol–water partition coefficient (Wildman–Crippen LogP) is 4.29. The molecule has 5 nitrogen and oxygen atoms in total. The van der Waals surface area contributed by atoms with Crippen molar-refractivity contribution in [2.45, 2.75) is 26.8 Å². The van der Waals surface area contributed by atoms with Crippen LogP contribution in [0.2, 0.25) is 5.02 Å². The minimum Gasteiger partial charge on any atom is -0.484 e. The summed E-state index contributed by atoms with van der Waals surface area (Å²) in [5, 5.41) is 6.06. The number of carbonyl (C=O) groups excluding carboxylic acids is 1. The zero-order valence-corrected chi connectivity index (χ0v) is 16.6. The number of thiazole rings is 1. The Balaban J connectivity index is 1.46. The van der Waals surface area contributed by atoms with Crippen molar-refractivity contribution in [2.24, 2.45) is 11.8 Å². The first-order valence-corrected chi connectivity index (χ1v) is 10.1. The summed E-state index contributed by atoms with van der Waals surface area (Å²) >= 11 is 7.27. The predicted molar refractivity (Wildman–Crippen MR) is 106 cm³/mol. The molecule has 1 fully saturated rings. The number of carbonyl (C=O) groups is 1. The van der Waals surface area contributed by atoms with E-state index in [0.29, 0.717) is 15.9 Å². The van der Waals surface area contributed by atoms with E-state index in [1.807, 2.05) is 5.38 Å². The highest BCUT2D eigenvalue weighted by atomic mass is 35.5. The van der Waals surface area contributed by atoms with Gasteiger partial charge in [0, 0.05) is 30.0 Å². The van der Waals surface area contributed by atoms with Crippen molar-refractivity contribution in [2.75, 3.05) is 25.0 Å². The Morgan fingerprint density at radius 1 is 1.31 bits per heavy atom. The fourth-order valence-corrected chi connectivity index (χ4v) is 4.27. The van der Waals surface area contributed by atoms with Crippen LogP contribution in [0.3, 0.4) is 0 Å². The summed E-state index contributed by atoms with van der Waals surface area (Å²) in [5.41, 5.74) is 1.00. The van der Waals surface area contributed by atoms with Crippen molar-refractivity contribution < 1.29 is 9.53 Å². The second-order valence-electron chi connectivity index (χ2n) is 7.07. The molecule has 3 rings (SSSR count). The van der Waals surface area contributed by atoms with Crippen LogP contribution in [0.4, 0.5) is 5.13 Å². The second-order valence-corrected chi connectivity index (χ2v) is 8.37. The summed E-state index contributed by atoms with van der Waals surface area (Å²) in [5.74, 6) is 1.84. The highest BCUT2D eigenvalue weighted by Gasteiger charge is 2.22. The van der Waals surface area contributed by atoms with Crippen LogP contribution in [0, 0.1) is 11.8 Å². The van der Waals surface area contributed by atoms with Gasteiger partial charge in [0.25, 0.3) is 5.91 Å². The third-order valence-corrected chi connectivity index (χ3v) is 5.37. The Bertz CT molecular complexity index is 725. The molecule has 0 radical (unpaired) electrons. The third kappa shape index (κ3) is 5.69. The fourth-order valence-electron chi connectivity index (χ4n) is 3.42. The number of rotatable bonds is 6. The summed E-state index contributed by atoms with van der Waals surface area (Å²) in [7, 11) is 0. The average Bonchev–Trinajstić information content (AvgIpc) is 3.00. The molecule has 2 heterocycles. The molecule has 1 aromatic carbocycles. The Labute approximate surface area is 163 Å². The van der Waals surface area contributed by atoms with Crippen LogP contribution in [0.25, 0.3) is 0 Å². The van der Waals surface area contributed by atoms with E-state index in [1.54, 1.807) is 24.3 Å². The number of hydrogen-bond acceptors (Lipinski definition) is 5. The van der Waals surface area contributed by atoms with Crippen molar-refractivity contribution in [3.8, 4) is 5.75 Å². The fraction of sp³-hybridized carbons (Fsp3) is 0.474. The molecule has 2 aromatic rings.